The number of anilines is 1. The lowest BCUT2D eigenvalue weighted by molar-refractivity contribution is -0.116. The Morgan fingerprint density at radius 2 is 1.72 bits per heavy atom. The van der Waals surface area contributed by atoms with Crippen molar-refractivity contribution >= 4 is 17.2 Å². The van der Waals surface area contributed by atoms with Crippen LogP contribution in [0.1, 0.15) is 34.7 Å². The molecular weight excluding hydrogens is 453 g/mol. The first-order chi connectivity index (χ1) is 17.6. The van der Waals surface area contributed by atoms with E-state index in [-0.39, 0.29) is 24.1 Å². The minimum absolute atomic E-state index is 0.165. The van der Waals surface area contributed by atoms with Gasteiger partial charge in [-0.2, -0.15) is 0 Å². The maximum Gasteiger partial charge on any atom is 0.225 e. The first-order valence-electron chi connectivity index (χ1n) is 11.8. The van der Waals surface area contributed by atoms with E-state index in [0.717, 1.165) is 22.4 Å². The minimum atomic E-state index is -0.346. The van der Waals surface area contributed by atoms with Crippen molar-refractivity contribution in [2.45, 2.75) is 25.9 Å². The van der Waals surface area contributed by atoms with Gasteiger partial charge in [-0.3, -0.25) is 4.79 Å². The number of aryl methyl sites for hydroxylation is 1. The number of benzene rings is 3. The van der Waals surface area contributed by atoms with Crippen LogP contribution in [0.2, 0.25) is 0 Å². The standard InChI is InChI=1S/C30H26FN3O2/c1-21-8-5-6-11-25(21)26(18-29(35)33-24-15-13-23(31)14-16-24)27-19-32-30-28(12-7-17-34(27)30)36-20-22-9-3-2-4-10-22/h2-17,19,26H,18,20H2,1H3,(H,33,35). The summed E-state index contributed by atoms with van der Waals surface area (Å²) in [6.45, 7) is 2.47. The lowest BCUT2D eigenvalue weighted by Crippen LogP contribution is -2.18. The molecule has 3 aromatic carbocycles. The Bertz CT molecular complexity index is 1480. The fourth-order valence-electron chi connectivity index (χ4n) is 4.39. The van der Waals surface area contributed by atoms with E-state index in [1.807, 2.05) is 90.4 Å². The molecule has 6 heteroatoms. The highest BCUT2D eigenvalue weighted by atomic mass is 19.1. The number of amides is 1. The zero-order valence-electron chi connectivity index (χ0n) is 19.9. The third-order valence-electron chi connectivity index (χ3n) is 6.20. The van der Waals surface area contributed by atoms with E-state index >= 15 is 0 Å². The van der Waals surface area contributed by atoms with Crippen molar-refractivity contribution in [1.82, 2.24) is 9.38 Å². The SMILES string of the molecule is Cc1ccccc1C(CC(=O)Nc1ccc(F)cc1)c1cnc2c(OCc3ccccc3)cccn12. The lowest BCUT2D eigenvalue weighted by atomic mass is 9.89. The van der Waals surface area contributed by atoms with E-state index in [9.17, 15) is 9.18 Å². The number of aromatic nitrogens is 2. The van der Waals surface area contributed by atoms with E-state index < -0.39 is 0 Å². The number of carbonyl (C=O) groups is 1. The Balaban J connectivity index is 1.46. The van der Waals surface area contributed by atoms with Crippen LogP contribution in [0.4, 0.5) is 10.1 Å². The zero-order chi connectivity index (χ0) is 24.9. The predicted molar refractivity (Wildman–Crippen MR) is 139 cm³/mol. The van der Waals surface area contributed by atoms with Crippen LogP contribution in [-0.2, 0) is 11.4 Å². The molecule has 1 N–H and O–H groups in total. The number of imidazole rings is 1. The van der Waals surface area contributed by atoms with Crippen molar-refractivity contribution in [3.63, 3.8) is 0 Å². The van der Waals surface area contributed by atoms with Crippen molar-refractivity contribution in [1.29, 1.82) is 0 Å². The first kappa shape index (κ1) is 23.3. The summed E-state index contributed by atoms with van der Waals surface area (Å²) in [5.41, 5.74) is 5.34. The number of nitrogens with one attached hydrogen (secondary N) is 1. The van der Waals surface area contributed by atoms with Gasteiger partial charge in [0.15, 0.2) is 11.4 Å². The van der Waals surface area contributed by atoms with Crippen LogP contribution in [0.5, 0.6) is 5.75 Å². The smallest absolute Gasteiger partial charge is 0.225 e. The number of hydrogen-bond donors (Lipinski definition) is 1. The summed E-state index contributed by atoms with van der Waals surface area (Å²) in [5.74, 6) is -0.0824. The second kappa shape index (κ2) is 10.4. The van der Waals surface area contributed by atoms with E-state index in [1.165, 1.54) is 12.1 Å². The number of fused-ring (bicyclic) bond motifs is 1. The van der Waals surface area contributed by atoms with E-state index in [0.29, 0.717) is 23.7 Å². The van der Waals surface area contributed by atoms with Gasteiger partial charge in [-0.25, -0.2) is 9.37 Å². The lowest BCUT2D eigenvalue weighted by Gasteiger charge is -2.19. The third-order valence-corrected chi connectivity index (χ3v) is 6.20. The number of hydrogen-bond acceptors (Lipinski definition) is 3. The van der Waals surface area contributed by atoms with E-state index in [2.05, 4.69) is 10.3 Å². The van der Waals surface area contributed by atoms with E-state index in [4.69, 9.17) is 4.74 Å². The van der Waals surface area contributed by atoms with Gasteiger partial charge in [0, 0.05) is 30.4 Å². The molecule has 0 aliphatic carbocycles. The van der Waals surface area contributed by atoms with E-state index in [1.54, 1.807) is 12.1 Å². The van der Waals surface area contributed by atoms with Crippen LogP contribution in [-0.4, -0.2) is 15.3 Å². The average Bonchev–Trinajstić information content (AvgIpc) is 3.33. The number of ether oxygens (including phenoxy) is 1. The molecule has 36 heavy (non-hydrogen) atoms. The topological polar surface area (TPSA) is 55.6 Å². The normalized spacial score (nSPS) is 11.8. The van der Waals surface area contributed by atoms with Gasteiger partial charge < -0.3 is 14.5 Å². The maximum absolute atomic E-state index is 13.3. The quantitative estimate of drug-likeness (QED) is 0.276. The monoisotopic (exact) mass is 479 g/mol. The molecule has 0 bridgehead atoms. The number of nitrogens with zero attached hydrogens (tertiary/aromatic N) is 2. The molecule has 0 saturated heterocycles. The average molecular weight is 480 g/mol. The predicted octanol–water partition coefficient (Wildman–Crippen LogP) is 6.52. The highest BCUT2D eigenvalue weighted by molar-refractivity contribution is 5.91. The molecule has 0 aliphatic rings. The van der Waals surface area contributed by atoms with Crippen LogP contribution in [0, 0.1) is 12.7 Å². The first-order valence-corrected chi connectivity index (χ1v) is 11.8. The summed E-state index contributed by atoms with van der Waals surface area (Å²) >= 11 is 0. The molecule has 5 aromatic rings. The van der Waals surface area contributed by atoms with Crippen molar-refractivity contribution in [2.75, 3.05) is 5.32 Å². The van der Waals surface area contributed by atoms with Gasteiger partial charge >= 0.3 is 0 Å². The molecule has 0 aliphatic heterocycles. The van der Waals surface area contributed by atoms with Gasteiger partial charge in [0.25, 0.3) is 0 Å². The van der Waals surface area contributed by atoms with Crippen molar-refractivity contribution in [3.8, 4) is 5.75 Å². The minimum Gasteiger partial charge on any atom is -0.485 e. The molecule has 1 atom stereocenters. The summed E-state index contributed by atoms with van der Waals surface area (Å²) in [6, 6.07) is 27.6. The Labute approximate surface area is 209 Å². The molecule has 180 valence electrons. The Morgan fingerprint density at radius 1 is 0.972 bits per heavy atom. The van der Waals surface area contributed by atoms with Gasteiger partial charge in [-0.05, 0) is 60.0 Å². The van der Waals surface area contributed by atoms with Crippen molar-refractivity contribution < 1.29 is 13.9 Å². The summed E-state index contributed by atoms with van der Waals surface area (Å²) in [5, 5.41) is 2.89. The fraction of sp³-hybridized carbons (Fsp3) is 0.133. The molecule has 5 nitrogen and oxygen atoms in total. The van der Waals surface area contributed by atoms with Gasteiger partial charge in [0.05, 0.1) is 5.69 Å². The number of carbonyl (C=O) groups excluding carboxylic acids is 1. The molecule has 0 spiro atoms. The summed E-state index contributed by atoms with van der Waals surface area (Å²) in [6.07, 6.45) is 3.95. The number of pyridine rings is 1. The molecule has 2 aromatic heterocycles. The Morgan fingerprint density at radius 3 is 2.50 bits per heavy atom. The van der Waals surface area contributed by atoms with Crippen LogP contribution >= 0.6 is 0 Å². The Kier molecular flexibility index (Phi) is 6.76. The molecular formula is C30H26FN3O2. The van der Waals surface area contributed by atoms with Gasteiger partial charge in [0.1, 0.15) is 12.4 Å². The number of rotatable bonds is 8. The zero-order valence-corrected chi connectivity index (χ0v) is 19.9. The van der Waals surface area contributed by atoms with Crippen LogP contribution in [0.25, 0.3) is 5.65 Å². The fourth-order valence-corrected chi connectivity index (χ4v) is 4.39. The van der Waals surface area contributed by atoms with Crippen molar-refractivity contribution in [2.24, 2.45) is 0 Å². The third kappa shape index (κ3) is 5.13. The molecule has 5 rings (SSSR count). The largest absolute Gasteiger partial charge is 0.485 e. The second-order valence-electron chi connectivity index (χ2n) is 8.69. The molecule has 2 heterocycles. The second-order valence-corrected chi connectivity index (χ2v) is 8.69. The molecule has 1 amide bonds. The van der Waals surface area contributed by atoms with Crippen LogP contribution in [0.3, 0.4) is 0 Å². The van der Waals surface area contributed by atoms with Gasteiger partial charge in [0.2, 0.25) is 5.91 Å². The number of halogens is 1. The molecule has 1 unspecified atom stereocenters. The summed E-state index contributed by atoms with van der Waals surface area (Å²) in [7, 11) is 0. The van der Waals surface area contributed by atoms with Gasteiger partial charge in [-0.15, -0.1) is 0 Å². The molecule has 0 fully saturated rings. The van der Waals surface area contributed by atoms with Crippen molar-refractivity contribution in [3.05, 3.63) is 132 Å². The molecule has 0 radical (unpaired) electrons. The Hall–Kier alpha value is -4.45. The highest BCUT2D eigenvalue weighted by Crippen LogP contribution is 2.33. The summed E-state index contributed by atoms with van der Waals surface area (Å²) < 4.78 is 21.4. The highest BCUT2D eigenvalue weighted by Gasteiger charge is 2.24. The molecule has 0 saturated carbocycles. The maximum atomic E-state index is 13.3. The summed E-state index contributed by atoms with van der Waals surface area (Å²) in [4.78, 5) is 17.8. The van der Waals surface area contributed by atoms with Crippen LogP contribution < -0.4 is 10.1 Å². The van der Waals surface area contributed by atoms with Crippen LogP contribution in [0.15, 0.2) is 103 Å². The van der Waals surface area contributed by atoms with Gasteiger partial charge in [-0.1, -0.05) is 54.6 Å².